The van der Waals surface area contributed by atoms with Crippen LogP contribution in [0.15, 0.2) is 23.1 Å². The lowest BCUT2D eigenvalue weighted by Gasteiger charge is -2.35. The van der Waals surface area contributed by atoms with Gasteiger partial charge in [0.05, 0.1) is 20.3 Å². The van der Waals surface area contributed by atoms with E-state index in [1.807, 2.05) is 0 Å². The van der Waals surface area contributed by atoms with Gasteiger partial charge in [-0.05, 0) is 25.0 Å². The van der Waals surface area contributed by atoms with Crippen LogP contribution in [0, 0.1) is 0 Å². The number of carboxylic acid groups (broad SMARTS) is 2. The second kappa shape index (κ2) is 11.3. The third kappa shape index (κ3) is 6.79. The van der Waals surface area contributed by atoms with Gasteiger partial charge in [-0.3, -0.25) is 4.90 Å². The molecule has 1 aromatic carbocycles. The Morgan fingerprint density at radius 2 is 1.74 bits per heavy atom. The fourth-order valence-corrected chi connectivity index (χ4v) is 4.95. The lowest BCUT2D eigenvalue weighted by Crippen LogP contribution is -2.50. The molecule has 3 rings (SSSR count). The first-order chi connectivity index (χ1) is 14.7. The molecule has 0 aliphatic carbocycles. The van der Waals surface area contributed by atoms with Crippen molar-refractivity contribution in [1.82, 2.24) is 9.21 Å². The summed E-state index contributed by atoms with van der Waals surface area (Å²) in [6.07, 6.45) is 2.51. The van der Waals surface area contributed by atoms with E-state index in [2.05, 4.69) is 4.90 Å². The highest BCUT2D eigenvalue weighted by Gasteiger charge is 2.32. The number of rotatable bonds is 6. The summed E-state index contributed by atoms with van der Waals surface area (Å²) in [5, 5.41) is 14.8. The molecule has 0 saturated carbocycles. The third-order valence-electron chi connectivity index (χ3n) is 4.99. The number of hydrogen-bond acceptors (Lipinski definition) is 8. The number of carbonyl (C=O) groups is 2. The average molecular weight is 461 g/mol. The summed E-state index contributed by atoms with van der Waals surface area (Å²) in [7, 11) is -0.629. The maximum Gasteiger partial charge on any atom is 0.414 e. The number of ether oxygens (including phenoxy) is 3. The van der Waals surface area contributed by atoms with Gasteiger partial charge in [-0.1, -0.05) is 0 Å². The Hall–Kier alpha value is -2.41. The van der Waals surface area contributed by atoms with Gasteiger partial charge in [-0.2, -0.15) is 4.31 Å². The molecule has 2 N–H and O–H groups in total. The van der Waals surface area contributed by atoms with Crippen molar-refractivity contribution >= 4 is 22.0 Å². The molecule has 1 aromatic rings. The molecular formula is C19H28N2O9S. The van der Waals surface area contributed by atoms with Gasteiger partial charge in [0.15, 0.2) is 0 Å². The van der Waals surface area contributed by atoms with Crippen LogP contribution < -0.4 is 9.47 Å². The van der Waals surface area contributed by atoms with E-state index in [1.54, 1.807) is 12.1 Å². The number of sulfonamides is 1. The van der Waals surface area contributed by atoms with Gasteiger partial charge in [-0.25, -0.2) is 18.0 Å². The van der Waals surface area contributed by atoms with Gasteiger partial charge < -0.3 is 24.4 Å². The molecule has 0 amide bonds. The maximum absolute atomic E-state index is 13.0. The molecule has 31 heavy (non-hydrogen) atoms. The largest absolute Gasteiger partial charge is 0.497 e. The predicted molar refractivity (Wildman–Crippen MR) is 109 cm³/mol. The van der Waals surface area contributed by atoms with E-state index in [1.165, 1.54) is 24.6 Å². The van der Waals surface area contributed by atoms with E-state index < -0.39 is 22.0 Å². The molecule has 11 nitrogen and oxygen atoms in total. The van der Waals surface area contributed by atoms with Crippen LogP contribution in [0.4, 0.5) is 0 Å². The molecule has 0 radical (unpaired) electrons. The van der Waals surface area contributed by atoms with Crippen molar-refractivity contribution in [2.24, 2.45) is 0 Å². The number of nitrogens with zero attached hydrogens (tertiary/aromatic N) is 2. The van der Waals surface area contributed by atoms with Crippen LogP contribution in [0.1, 0.15) is 12.8 Å². The quantitative estimate of drug-likeness (QED) is 0.571. The molecule has 2 aliphatic rings. The van der Waals surface area contributed by atoms with Crippen LogP contribution in [0.5, 0.6) is 11.5 Å². The number of methoxy groups -OCH3 is 2. The topological polar surface area (TPSA) is 143 Å². The summed E-state index contributed by atoms with van der Waals surface area (Å²) in [6.45, 7) is 4.09. The standard InChI is InChI=1S/C17H26N2O5S.C2H2O4/c1-22-14-5-6-16(23-2)17(12-14)25(20,21)19-9-7-18(8-10-19)13-15-4-3-11-24-15;3-1(4)2(5)6/h5-6,12,15H,3-4,7-11,13H2,1-2H3;(H,3,4)(H,5,6). The SMILES string of the molecule is COc1ccc(OC)c(S(=O)(=O)N2CCN(CC3CCCO3)CC2)c1.O=C(O)C(=O)O. The highest BCUT2D eigenvalue weighted by atomic mass is 32.2. The molecule has 0 aromatic heterocycles. The van der Waals surface area contributed by atoms with Gasteiger partial charge in [0.25, 0.3) is 0 Å². The van der Waals surface area contributed by atoms with Crippen molar-refractivity contribution < 1.29 is 42.4 Å². The average Bonchev–Trinajstić information content (AvgIpc) is 3.27. The molecule has 0 spiro atoms. The maximum atomic E-state index is 13.0. The third-order valence-corrected chi connectivity index (χ3v) is 6.91. The van der Waals surface area contributed by atoms with Crippen molar-refractivity contribution in [2.45, 2.75) is 23.8 Å². The highest BCUT2D eigenvalue weighted by Crippen LogP contribution is 2.31. The summed E-state index contributed by atoms with van der Waals surface area (Å²) in [5.74, 6) is -2.82. The Balaban J connectivity index is 0.000000501. The van der Waals surface area contributed by atoms with Crippen LogP contribution in [0.2, 0.25) is 0 Å². The smallest absolute Gasteiger partial charge is 0.414 e. The minimum atomic E-state index is -3.62. The van der Waals surface area contributed by atoms with E-state index in [0.717, 1.165) is 26.0 Å². The Labute approximate surface area is 181 Å². The lowest BCUT2D eigenvalue weighted by molar-refractivity contribution is -0.159. The minimum absolute atomic E-state index is 0.155. The molecule has 2 saturated heterocycles. The summed E-state index contributed by atoms with van der Waals surface area (Å²) in [6, 6.07) is 4.84. The first kappa shape index (κ1) is 24.9. The summed E-state index contributed by atoms with van der Waals surface area (Å²) >= 11 is 0. The zero-order valence-corrected chi connectivity index (χ0v) is 18.3. The molecule has 2 aliphatic heterocycles. The van der Waals surface area contributed by atoms with Gasteiger partial charge in [-0.15, -0.1) is 0 Å². The van der Waals surface area contributed by atoms with Crippen LogP contribution in [-0.4, -0.2) is 99.4 Å². The van der Waals surface area contributed by atoms with Crippen LogP contribution in [0.3, 0.4) is 0 Å². The van der Waals surface area contributed by atoms with Crippen molar-refractivity contribution in [1.29, 1.82) is 0 Å². The zero-order chi connectivity index (χ0) is 23.0. The number of carboxylic acids is 2. The van der Waals surface area contributed by atoms with Gasteiger partial charge in [0.1, 0.15) is 16.4 Å². The van der Waals surface area contributed by atoms with Crippen molar-refractivity contribution in [3.8, 4) is 11.5 Å². The van der Waals surface area contributed by atoms with E-state index >= 15 is 0 Å². The summed E-state index contributed by atoms with van der Waals surface area (Å²) in [5.41, 5.74) is 0. The van der Waals surface area contributed by atoms with Crippen molar-refractivity contribution in [3.63, 3.8) is 0 Å². The second-order valence-electron chi connectivity index (χ2n) is 6.97. The summed E-state index contributed by atoms with van der Waals surface area (Å²) in [4.78, 5) is 20.6. The van der Waals surface area contributed by atoms with Crippen LogP contribution in [0.25, 0.3) is 0 Å². The zero-order valence-electron chi connectivity index (χ0n) is 17.5. The van der Waals surface area contributed by atoms with Crippen molar-refractivity contribution in [2.75, 3.05) is 53.6 Å². The molecule has 174 valence electrons. The molecular weight excluding hydrogens is 432 g/mol. The van der Waals surface area contributed by atoms with Crippen LogP contribution >= 0.6 is 0 Å². The second-order valence-corrected chi connectivity index (χ2v) is 8.87. The van der Waals surface area contributed by atoms with Gasteiger partial charge >= 0.3 is 11.9 Å². The number of piperazine rings is 1. The van der Waals surface area contributed by atoms with Crippen LogP contribution in [-0.2, 0) is 24.3 Å². The van der Waals surface area contributed by atoms with Gasteiger partial charge in [0.2, 0.25) is 10.0 Å². The first-order valence-electron chi connectivity index (χ1n) is 9.71. The van der Waals surface area contributed by atoms with E-state index in [-0.39, 0.29) is 4.90 Å². The lowest BCUT2D eigenvalue weighted by atomic mass is 10.2. The Bertz CT molecular complexity index is 849. The first-order valence-corrected chi connectivity index (χ1v) is 11.2. The minimum Gasteiger partial charge on any atom is -0.497 e. The molecule has 1 atom stereocenters. The molecule has 1 unspecified atom stereocenters. The van der Waals surface area contributed by atoms with E-state index in [9.17, 15) is 8.42 Å². The number of benzene rings is 1. The Morgan fingerprint density at radius 3 is 2.23 bits per heavy atom. The molecule has 0 bridgehead atoms. The van der Waals surface area contributed by atoms with Gasteiger partial charge in [0, 0.05) is 45.4 Å². The molecule has 2 heterocycles. The fraction of sp³-hybridized carbons (Fsp3) is 0.579. The summed E-state index contributed by atoms with van der Waals surface area (Å²) < 4.78 is 43.7. The fourth-order valence-electron chi connectivity index (χ4n) is 3.35. The normalized spacial score (nSPS) is 19.9. The highest BCUT2D eigenvalue weighted by molar-refractivity contribution is 7.89. The Kier molecular flexibility index (Phi) is 9.04. The Morgan fingerprint density at radius 1 is 1.10 bits per heavy atom. The number of aliphatic carboxylic acids is 2. The van der Waals surface area contributed by atoms with Crippen molar-refractivity contribution in [3.05, 3.63) is 18.2 Å². The molecule has 2 fully saturated rings. The molecule has 12 heteroatoms. The predicted octanol–water partition coefficient (Wildman–Crippen LogP) is 0.345. The van der Waals surface area contributed by atoms with E-state index in [0.29, 0.717) is 43.8 Å². The number of hydrogen-bond donors (Lipinski definition) is 2. The van der Waals surface area contributed by atoms with E-state index in [4.69, 9.17) is 34.0 Å². The monoisotopic (exact) mass is 460 g/mol.